The van der Waals surface area contributed by atoms with E-state index in [1.807, 2.05) is 24.0 Å². The van der Waals surface area contributed by atoms with Crippen molar-refractivity contribution in [3.8, 4) is 0 Å². The largest absolute Gasteiger partial charge is 0.369 e. The predicted octanol–water partition coefficient (Wildman–Crippen LogP) is 3.50. The zero-order valence-corrected chi connectivity index (χ0v) is 14.3. The SMILES string of the molecule is CCn1ncc(Nc2ncc3ccc(N4CCC4C)cc3n2)c1C. The molecule has 2 aromatic heterocycles. The highest BCUT2D eigenvalue weighted by atomic mass is 15.3. The van der Waals surface area contributed by atoms with Crippen LogP contribution >= 0.6 is 0 Å². The molecule has 1 aliphatic heterocycles. The lowest BCUT2D eigenvalue weighted by molar-refractivity contribution is 0.481. The van der Waals surface area contributed by atoms with Crippen molar-refractivity contribution >= 4 is 28.2 Å². The second kappa shape index (κ2) is 5.78. The summed E-state index contributed by atoms with van der Waals surface area (Å²) in [6.07, 6.45) is 4.95. The molecule has 1 aromatic carbocycles. The molecule has 1 aliphatic rings. The summed E-state index contributed by atoms with van der Waals surface area (Å²) in [4.78, 5) is 11.5. The molecule has 124 valence electrons. The van der Waals surface area contributed by atoms with Crippen LogP contribution in [0.3, 0.4) is 0 Å². The average Bonchev–Trinajstić information content (AvgIpc) is 2.93. The Bertz CT molecular complexity index is 884. The molecule has 0 spiro atoms. The van der Waals surface area contributed by atoms with Crippen molar-refractivity contribution in [1.82, 2.24) is 19.7 Å². The fourth-order valence-corrected chi connectivity index (χ4v) is 3.16. The molecule has 0 saturated carbocycles. The highest BCUT2D eigenvalue weighted by molar-refractivity contribution is 5.83. The topological polar surface area (TPSA) is 58.9 Å². The van der Waals surface area contributed by atoms with Crippen LogP contribution in [-0.4, -0.2) is 32.3 Å². The molecule has 0 bridgehead atoms. The predicted molar refractivity (Wildman–Crippen MR) is 96.9 cm³/mol. The number of aryl methyl sites for hydroxylation is 1. The number of hydrogen-bond donors (Lipinski definition) is 1. The quantitative estimate of drug-likeness (QED) is 0.796. The summed E-state index contributed by atoms with van der Waals surface area (Å²) < 4.78 is 1.95. The summed E-state index contributed by atoms with van der Waals surface area (Å²) in [6, 6.07) is 7.02. The minimum Gasteiger partial charge on any atom is -0.369 e. The number of aromatic nitrogens is 4. The molecule has 1 fully saturated rings. The van der Waals surface area contributed by atoms with E-state index in [0.29, 0.717) is 12.0 Å². The van der Waals surface area contributed by atoms with E-state index >= 15 is 0 Å². The third kappa shape index (κ3) is 2.48. The first-order valence-corrected chi connectivity index (χ1v) is 8.48. The lowest BCUT2D eigenvalue weighted by Crippen LogP contribution is -2.45. The van der Waals surface area contributed by atoms with E-state index in [9.17, 15) is 0 Å². The molecule has 0 radical (unpaired) electrons. The molecule has 0 aliphatic carbocycles. The molecule has 1 N–H and O–H groups in total. The normalized spacial score (nSPS) is 17.1. The summed E-state index contributed by atoms with van der Waals surface area (Å²) in [6.45, 7) is 8.36. The lowest BCUT2D eigenvalue weighted by atomic mass is 10.0. The second-order valence-electron chi connectivity index (χ2n) is 6.35. The Balaban J connectivity index is 1.65. The second-order valence-corrected chi connectivity index (χ2v) is 6.35. The molecule has 6 nitrogen and oxygen atoms in total. The van der Waals surface area contributed by atoms with E-state index in [1.54, 1.807) is 0 Å². The Morgan fingerprint density at radius 1 is 1.29 bits per heavy atom. The molecule has 1 unspecified atom stereocenters. The van der Waals surface area contributed by atoms with Gasteiger partial charge in [-0.3, -0.25) is 4.68 Å². The van der Waals surface area contributed by atoms with Crippen LogP contribution in [0.25, 0.3) is 10.9 Å². The Morgan fingerprint density at radius 3 is 2.83 bits per heavy atom. The minimum atomic E-state index is 0.607. The Morgan fingerprint density at radius 2 is 2.17 bits per heavy atom. The molecule has 1 atom stereocenters. The third-order valence-electron chi connectivity index (χ3n) is 4.87. The van der Waals surface area contributed by atoms with Crippen LogP contribution in [0.1, 0.15) is 26.0 Å². The van der Waals surface area contributed by atoms with Crippen LogP contribution in [0, 0.1) is 6.92 Å². The fourth-order valence-electron chi connectivity index (χ4n) is 3.16. The van der Waals surface area contributed by atoms with Gasteiger partial charge in [-0.2, -0.15) is 5.10 Å². The van der Waals surface area contributed by atoms with Crippen molar-refractivity contribution in [3.63, 3.8) is 0 Å². The summed E-state index contributed by atoms with van der Waals surface area (Å²) in [5.74, 6) is 0.607. The van der Waals surface area contributed by atoms with Gasteiger partial charge in [0.1, 0.15) is 0 Å². The van der Waals surface area contributed by atoms with Gasteiger partial charge in [0.2, 0.25) is 5.95 Å². The summed E-state index contributed by atoms with van der Waals surface area (Å²) >= 11 is 0. The van der Waals surface area contributed by atoms with Gasteiger partial charge in [0.15, 0.2) is 0 Å². The van der Waals surface area contributed by atoms with Crippen LogP contribution in [0.4, 0.5) is 17.3 Å². The number of fused-ring (bicyclic) bond motifs is 1. The van der Waals surface area contributed by atoms with Gasteiger partial charge in [-0.25, -0.2) is 9.97 Å². The number of hydrogen-bond acceptors (Lipinski definition) is 5. The molecule has 3 aromatic rings. The van der Waals surface area contributed by atoms with E-state index in [2.05, 4.69) is 57.3 Å². The van der Waals surface area contributed by atoms with Crippen molar-refractivity contribution in [3.05, 3.63) is 36.3 Å². The third-order valence-corrected chi connectivity index (χ3v) is 4.87. The van der Waals surface area contributed by atoms with Gasteiger partial charge >= 0.3 is 0 Å². The van der Waals surface area contributed by atoms with E-state index in [1.165, 1.54) is 12.1 Å². The van der Waals surface area contributed by atoms with Crippen molar-refractivity contribution in [1.29, 1.82) is 0 Å². The molecular weight excluding hydrogens is 300 g/mol. The van der Waals surface area contributed by atoms with Gasteiger partial charge in [0.25, 0.3) is 0 Å². The maximum Gasteiger partial charge on any atom is 0.227 e. The standard InChI is InChI=1S/C18H22N6/c1-4-24-13(3)17(11-20-24)22-18-19-10-14-5-6-15(9-16(14)21-18)23-8-7-12(23)2/h5-6,9-12H,4,7-8H2,1-3H3,(H,19,21,22). The van der Waals surface area contributed by atoms with Crippen LogP contribution in [0.5, 0.6) is 0 Å². The summed E-state index contributed by atoms with van der Waals surface area (Å²) in [5, 5.41) is 8.69. The van der Waals surface area contributed by atoms with Crippen LogP contribution < -0.4 is 10.2 Å². The molecule has 6 heteroatoms. The molecule has 24 heavy (non-hydrogen) atoms. The first-order valence-electron chi connectivity index (χ1n) is 8.48. The number of benzene rings is 1. The van der Waals surface area contributed by atoms with Crippen molar-refractivity contribution < 1.29 is 0 Å². The minimum absolute atomic E-state index is 0.607. The number of nitrogens with zero attached hydrogens (tertiary/aromatic N) is 5. The fraction of sp³-hybridized carbons (Fsp3) is 0.389. The highest BCUT2D eigenvalue weighted by Crippen LogP contribution is 2.29. The number of anilines is 3. The van der Waals surface area contributed by atoms with E-state index in [0.717, 1.165) is 35.4 Å². The molecule has 4 rings (SSSR count). The first-order chi connectivity index (χ1) is 11.7. The van der Waals surface area contributed by atoms with Crippen LogP contribution in [-0.2, 0) is 6.54 Å². The van der Waals surface area contributed by atoms with E-state index < -0.39 is 0 Å². The van der Waals surface area contributed by atoms with Crippen LogP contribution in [0.2, 0.25) is 0 Å². The zero-order chi connectivity index (χ0) is 16.7. The summed E-state index contributed by atoms with van der Waals surface area (Å²) in [7, 11) is 0. The Hall–Kier alpha value is -2.63. The van der Waals surface area contributed by atoms with E-state index in [4.69, 9.17) is 0 Å². The monoisotopic (exact) mass is 322 g/mol. The first kappa shape index (κ1) is 14.9. The Kier molecular flexibility index (Phi) is 3.59. The van der Waals surface area contributed by atoms with E-state index in [-0.39, 0.29) is 0 Å². The lowest BCUT2D eigenvalue weighted by Gasteiger charge is -2.40. The van der Waals surface area contributed by atoms with Gasteiger partial charge in [0, 0.05) is 36.4 Å². The molecule has 0 amide bonds. The van der Waals surface area contributed by atoms with Gasteiger partial charge < -0.3 is 10.2 Å². The van der Waals surface area contributed by atoms with Crippen molar-refractivity contribution in [2.24, 2.45) is 0 Å². The van der Waals surface area contributed by atoms with Gasteiger partial charge in [0.05, 0.1) is 23.1 Å². The highest BCUT2D eigenvalue weighted by Gasteiger charge is 2.23. The van der Waals surface area contributed by atoms with Gasteiger partial charge in [-0.05, 0) is 45.4 Å². The zero-order valence-electron chi connectivity index (χ0n) is 14.3. The van der Waals surface area contributed by atoms with Crippen molar-refractivity contribution in [2.45, 2.75) is 39.8 Å². The summed E-state index contributed by atoms with van der Waals surface area (Å²) in [5.41, 5.74) is 4.23. The molecule has 1 saturated heterocycles. The molecular formula is C18H22N6. The number of rotatable bonds is 4. The van der Waals surface area contributed by atoms with Gasteiger partial charge in [-0.1, -0.05) is 0 Å². The van der Waals surface area contributed by atoms with Crippen LogP contribution in [0.15, 0.2) is 30.6 Å². The number of nitrogens with one attached hydrogen (secondary N) is 1. The average molecular weight is 322 g/mol. The smallest absolute Gasteiger partial charge is 0.227 e. The maximum absolute atomic E-state index is 4.69. The maximum atomic E-state index is 4.69. The Labute approximate surface area is 141 Å². The molecule has 3 heterocycles. The van der Waals surface area contributed by atoms with Gasteiger partial charge in [-0.15, -0.1) is 0 Å². The van der Waals surface area contributed by atoms with Crippen molar-refractivity contribution in [2.75, 3.05) is 16.8 Å².